The first-order valence-corrected chi connectivity index (χ1v) is 20.8. The Hall–Kier alpha value is -5.58. The molecule has 268 valence electrons. The number of nitrogens with zero attached hydrogens (tertiary/aromatic N) is 1. The Morgan fingerprint density at radius 2 is 1.45 bits per heavy atom. The number of hydrogen-bond donors (Lipinski definition) is 1. The molecule has 0 bridgehead atoms. The molecule has 2 nitrogen and oxygen atoms in total. The van der Waals surface area contributed by atoms with Crippen molar-refractivity contribution in [1.82, 2.24) is 4.57 Å². The van der Waals surface area contributed by atoms with Crippen LogP contribution < -0.4 is 15.6 Å². The molecule has 0 spiro atoms. The Morgan fingerprint density at radius 3 is 2.27 bits per heavy atom. The third-order valence-corrected chi connectivity index (χ3v) is 12.9. The molecule has 0 amide bonds. The highest BCUT2D eigenvalue weighted by Gasteiger charge is 2.33. The first-order valence-electron chi connectivity index (χ1n) is 20.0. The van der Waals surface area contributed by atoms with Crippen LogP contribution in [0.2, 0.25) is 0 Å². The third kappa shape index (κ3) is 5.69. The minimum Gasteiger partial charge on any atom is -0.355 e. The van der Waals surface area contributed by atoms with Crippen molar-refractivity contribution in [2.24, 2.45) is 0 Å². The molecule has 1 aliphatic heterocycles. The summed E-state index contributed by atoms with van der Waals surface area (Å²) in [5.41, 5.74) is 15.4. The van der Waals surface area contributed by atoms with E-state index in [-0.39, 0.29) is 5.41 Å². The van der Waals surface area contributed by atoms with Crippen molar-refractivity contribution in [3.05, 3.63) is 151 Å². The van der Waals surface area contributed by atoms with Gasteiger partial charge in [-0.25, -0.2) is 0 Å². The van der Waals surface area contributed by atoms with Crippen LogP contribution in [-0.4, -0.2) is 11.8 Å². The number of nitrogens with one attached hydrogen (secondary N) is 1. The van der Waals surface area contributed by atoms with Gasteiger partial charge < -0.3 is 9.88 Å². The zero-order valence-corrected chi connectivity index (χ0v) is 33.0. The van der Waals surface area contributed by atoms with Gasteiger partial charge in [-0.1, -0.05) is 144 Å². The maximum Gasteiger partial charge on any atom is 0.211 e. The van der Waals surface area contributed by atoms with E-state index >= 15 is 0 Å². The van der Waals surface area contributed by atoms with Crippen molar-refractivity contribution in [2.45, 2.75) is 58.8 Å². The number of unbranched alkanes of at least 4 members (excludes halogenated alkanes) is 2. The number of anilines is 2. The summed E-state index contributed by atoms with van der Waals surface area (Å²) in [6.07, 6.45) is 4.91. The van der Waals surface area contributed by atoms with Gasteiger partial charge in [-0.05, 0) is 103 Å². The Kier molecular flexibility index (Phi) is 8.22. The number of rotatable bonds is 8. The van der Waals surface area contributed by atoms with E-state index in [1.807, 2.05) is 11.3 Å². The molecular weight excluding hydrogens is 683 g/mol. The second kappa shape index (κ2) is 13.3. The fourth-order valence-corrected chi connectivity index (χ4v) is 10.3. The Balaban J connectivity index is 1.25. The van der Waals surface area contributed by atoms with E-state index in [2.05, 4.69) is 177 Å². The number of para-hydroxylation sites is 1. The summed E-state index contributed by atoms with van der Waals surface area (Å²) in [4.78, 5) is 0. The first-order chi connectivity index (χ1) is 26.9. The summed E-state index contributed by atoms with van der Waals surface area (Å²) in [7, 11) is 0.890. The molecule has 1 N–H and O–H groups in total. The number of aryl methyl sites for hydroxylation is 1. The van der Waals surface area contributed by atoms with Crippen molar-refractivity contribution >= 4 is 82.9 Å². The van der Waals surface area contributed by atoms with Crippen LogP contribution in [0.5, 0.6) is 0 Å². The molecule has 1 aliphatic rings. The number of thiophene rings is 1. The lowest BCUT2D eigenvalue weighted by Crippen LogP contribution is -2.36. The molecule has 9 aromatic rings. The minimum absolute atomic E-state index is 0.100. The normalized spacial score (nSPS) is 12.4. The number of hydrogen-bond acceptors (Lipinski definition) is 2. The monoisotopic (exact) mass is 728 g/mol. The maximum absolute atomic E-state index is 3.86. The van der Waals surface area contributed by atoms with Crippen LogP contribution in [-0.2, 0) is 11.8 Å². The van der Waals surface area contributed by atoms with Crippen LogP contribution in [0.3, 0.4) is 0 Å². The molecule has 0 saturated carbocycles. The Labute approximate surface area is 328 Å². The molecule has 0 atom stereocenters. The van der Waals surface area contributed by atoms with E-state index in [1.165, 1.54) is 111 Å². The van der Waals surface area contributed by atoms with E-state index < -0.39 is 0 Å². The SMILES string of the molecule is CCCCCc1ccc(Nc2ccccc2-c2cc(C(C)(C)C)c3c4c5ccccc5ccc4n4c3c2Bc2sc3ccc(-c5ccccc5)cc3c2-4)cc1. The molecule has 10 rings (SSSR count). The lowest BCUT2D eigenvalue weighted by molar-refractivity contribution is 0.596. The van der Waals surface area contributed by atoms with E-state index in [0.29, 0.717) is 0 Å². The molecular formula is C51H45BN2S. The molecule has 0 aliphatic carbocycles. The number of benzene rings is 7. The molecule has 0 unspecified atom stereocenters. The highest BCUT2D eigenvalue weighted by atomic mass is 32.1. The first kappa shape index (κ1) is 34.0. The van der Waals surface area contributed by atoms with Gasteiger partial charge in [0.2, 0.25) is 7.28 Å². The fourth-order valence-electron chi connectivity index (χ4n) is 9.07. The Bertz CT molecular complexity index is 2910. The van der Waals surface area contributed by atoms with Crippen LogP contribution in [0, 0.1) is 0 Å². The van der Waals surface area contributed by atoms with Gasteiger partial charge in [0.05, 0.1) is 11.2 Å². The van der Waals surface area contributed by atoms with Gasteiger partial charge in [-0.15, -0.1) is 11.3 Å². The summed E-state index contributed by atoms with van der Waals surface area (Å²) in [5.74, 6) is 0. The second-order valence-electron chi connectivity index (χ2n) is 16.4. The average molecular weight is 729 g/mol. The van der Waals surface area contributed by atoms with Crippen molar-refractivity contribution in [3.8, 4) is 27.9 Å². The largest absolute Gasteiger partial charge is 0.355 e. The van der Waals surface area contributed by atoms with E-state index in [0.717, 1.165) is 25.1 Å². The Morgan fingerprint density at radius 1 is 0.673 bits per heavy atom. The smallest absolute Gasteiger partial charge is 0.211 e. The van der Waals surface area contributed by atoms with Crippen molar-refractivity contribution < 1.29 is 0 Å². The van der Waals surface area contributed by atoms with Gasteiger partial charge in [0.15, 0.2) is 0 Å². The molecule has 4 heteroatoms. The van der Waals surface area contributed by atoms with E-state index in [4.69, 9.17) is 0 Å². The molecule has 3 heterocycles. The summed E-state index contributed by atoms with van der Waals surface area (Å²) in [6.45, 7) is 9.42. The molecule has 55 heavy (non-hydrogen) atoms. The third-order valence-electron chi connectivity index (χ3n) is 11.8. The average Bonchev–Trinajstić information content (AvgIpc) is 3.75. The maximum atomic E-state index is 3.86. The number of aromatic nitrogens is 1. The summed E-state index contributed by atoms with van der Waals surface area (Å²) in [5, 5.41) is 10.6. The second-order valence-corrected chi connectivity index (χ2v) is 17.5. The lowest BCUT2D eigenvalue weighted by atomic mass is 9.62. The summed E-state index contributed by atoms with van der Waals surface area (Å²) in [6, 6.07) is 52.1. The molecule has 0 fully saturated rings. The van der Waals surface area contributed by atoms with E-state index in [9.17, 15) is 0 Å². The van der Waals surface area contributed by atoms with Gasteiger partial charge >= 0.3 is 0 Å². The van der Waals surface area contributed by atoms with Crippen molar-refractivity contribution in [3.63, 3.8) is 0 Å². The molecule has 0 saturated heterocycles. The van der Waals surface area contributed by atoms with E-state index in [1.54, 1.807) is 0 Å². The minimum atomic E-state index is -0.100. The molecule has 7 aromatic carbocycles. The van der Waals surface area contributed by atoms with Gasteiger partial charge in [0, 0.05) is 43.3 Å². The highest BCUT2D eigenvalue weighted by Crippen LogP contribution is 2.46. The van der Waals surface area contributed by atoms with Gasteiger partial charge in [-0.2, -0.15) is 0 Å². The summed E-state index contributed by atoms with van der Waals surface area (Å²) >= 11 is 1.96. The molecule has 0 radical (unpaired) electrons. The lowest BCUT2D eigenvalue weighted by Gasteiger charge is -2.27. The standard InChI is InChI=1S/C51H45BN2S/c1-5-6-8-15-32-22-26-36(27-23-32)53-42-21-14-13-20-38(42)39-31-41(51(2,3)4)46-45-37-19-12-11-18-34(37)24-28-43(45)54-48-40-30-35(33-16-9-7-10-17-33)25-29-44(40)55-50(48)52-47(39)49(46)54/h7,9-14,16-31,52-53H,5-6,8,15H2,1-4H3. The zero-order chi connectivity index (χ0) is 37.3. The number of fused-ring (bicyclic) bond motifs is 9. The highest BCUT2D eigenvalue weighted by molar-refractivity contribution is 7.29. The predicted molar refractivity (Wildman–Crippen MR) is 243 cm³/mol. The van der Waals surface area contributed by atoms with Crippen LogP contribution in [0.15, 0.2) is 140 Å². The van der Waals surface area contributed by atoms with Crippen molar-refractivity contribution in [1.29, 1.82) is 0 Å². The van der Waals surface area contributed by atoms with Crippen LogP contribution in [0.4, 0.5) is 11.4 Å². The summed E-state index contributed by atoms with van der Waals surface area (Å²) < 4.78 is 5.42. The zero-order valence-electron chi connectivity index (χ0n) is 32.2. The quantitative estimate of drug-likeness (QED) is 0.122. The predicted octanol–water partition coefficient (Wildman–Crippen LogP) is 13.0. The van der Waals surface area contributed by atoms with Crippen LogP contribution in [0.25, 0.3) is 70.6 Å². The molecule has 2 aromatic heterocycles. The topological polar surface area (TPSA) is 17.0 Å². The van der Waals surface area contributed by atoms with Crippen molar-refractivity contribution in [2.75, 3.05) is 5.32 Å². The van der Waals surface area contributed by atoms with Crippen LogP contribution >= 0.6 is 11.3 Å². The van der Waals surface area contributed by atoms with Gasteiger partial charge in [0.1, 0.15) is 0 Å². The van der Waals surface area contributed by atoms with Gasteiger partial charge in [0.25, 0.3) is 0 Å². The van der Waals surface area contributed by atoms with Crippen LogP contribution in [0.1, 0.15) is 58.1 Å². The van der Waals surface area contributed by atoms with Gasteiger partial charge in [-0.3, -0.25) is 0 Å². The fraction of sp³-hybridized carbons (Fsp3) is 0.176.